The highest BCUT2D eigenvalue weighted by Crippen LogP contribution is 2.22. The number of likely N-dealkylation sites (tertiary alicyclic amines) is 1. The van der Waals surface area contributed by atoms with Gasteiger partial charge in [0.05, 0.1) is 19.2 Å². The number of unbranched alkanes of at least 4 members (excludes halogenated alkanes) is 1. The number of hydrogen-bond donors (Lipinski definition) is 1. The molecule has 0 radical (unpaired) electrons. The monoisotopic (exact) mass is 559 g/mol. The number of nitrogens with one attached hydrogen (secondary N) is 1. The van der Waals surface area contributed by atoms with Gasteiger partial charge in [0.1, 0.15) is 5.75 Å². The van der Waals surface area contributed by atoms with E-state index in [4.69, 9.17) is 11.3 Å². The third-order valence-electron chi connectivity index (χ3n) is 7.60. The fourth-order valence-corrected chi connectivity index (χ4v) is 5.13. The van der Waals surface area contributed by atoms with Crippen molar-refractivity contribution in [2.45, 2.75) is 84.6 Å². The molecule has 2 aromatic rings. The Kier molecular flexibility index (Phi) is 12.9. The SMILES string of the molecule is [C-]#[N+]c1ccc(CCC(=O)N2CCC(CC(=O)N[C@@H](Cc3ccc(OCCCC)cc3)C(=O)CC(C)C)CC2)cc1. The number of nitrogens with zero attached hydrogens (tertiary/aromatic N) is 2. The average Bonchev–Trinajstić information content (AvgIpc) is 2.97. The maximum atomic E-state index is 13.0. The number of amides is 2. The van der Waals surface area contributed by atoms with Crippen LogP contribution in [-0.2, 0) is 27.2 Å². The lowest BCUT2D eigenvalue weighted by molar-refractivity contribution is -0.133. The van der Waals surface area contributed by atoms with Gasteiger partial charge in [-0.2, -0.15) is 0 Å². The summed E-state index contributed by atoms with van der Waals surface area (Å²) in [6.07, 6.45) is 5.99. The van der Waals surface area contributed by atoms with Crippen molar-refractivity contribution in [2.75, 3.05) is 19.7 Å². The zero-order valence-electron chi connectivity index (χ0n) is 24.9. The van der Waals surface area contributed by atoms with Crippen LogP contribution in [-0.4, -0.2) is 48.2 Å². The van der Waals surface area contributed by atoms with E-state index < -0.39 is 6.04 Å². The molecule has 1 fully saturated rings. The van der Waals surface area contributed by atoms with Crippen LogP contribution in [0.1, 0.15) is 76.8 Å². The molecule has 0 saturated carbocycles. The summed E-state index contributed by atoms with van der Waals surface area (Å²) < 4.78 is 5.75. The molecule has 1 N–H and O–H groups in total. The Bertz CT molecular complexity index is 1160. The molecule has 0 aromatic heterocycles. The molecule has 7 nitrogen and oxygen atoms in total. The molecule has 1 atom stereocenters. The van der Waals surface area contributed by atoms with E-state index in [1.807, 2.05) is 55.1 Å². The Labute approximate surface area is 245 Å². The van der Waals surface area contributed by atoms with Crippen molar-refractivity contribution >= 4 is 23.3 Å². The minimum absolute atomic E-state index is 0.0563. The maximum absolute atomic E-state index is 13.0. The lowest BCUT2D eigenvalue weighted by Crippen LogP contribution is -2.44. The van der Waals surface area contributed by atoms with Crippen LogP contribution in [0.2, 0.25) is 0 Å². The molecule has 2 aromatic carbocycles. The van der Waals surface area contributed by atoms with Crippen LogP contribution in [0.5, 0.6) is 5.75 Å². The van der Waals surface area contributed by atoms with E-state index in [-0.39, 0.29) is 29.4 Å². The Morgan fingerprint density at radius 2 is 1.68 bits per heavy atom. The highest BCUT2D eigenvalue weighted by atomic mass is 16.5. The van der Waals surface area contributed by atoms with Crippen LogP contribution in [0.3, 0.4) is 0 Å². The number of aryl methyl sites for hydroxylation is 1. The van der Waals surface area contributed by atoms with E-state index in [9.17, 15) is 14.4 Å². The van der Waals surface area contributed by atoms with E-state index in [2.05, 4.69) is 17.1 Å². The number of carbonyl (C=O) groups is 3. The van der Waals surface area contributed by atoms with Crippen molar-refractivity contribution in [1.82, 2.24) is 10.2 Å². The molecule has 41 heavy (non-hydrogen) atoms. The second kappa shape index (κ2) is 16.6. The van der Waals surface area contributed by atoms with Crippen LogP contribution >= 0.6 is 0 Å². The van der Waals surface area contributed by atoms with Crippen LogP contribution in [0, 0.1) is 18.4 Å². The van der Waals surface area contributed by atoms with Gasteiger partial charge in [0.15, 0.2) is 11.5 Å². The summed E-state index contributed by atoms with van der Waals surface area (Å²) >= 11 is 0. The molecule has 0 spiro atoms. The highest BCUT2D eigenvalue weighted by molar-refractivity contribution is 5.89. The number of ketones is 1. The standard InChI is InChI=1S/C34H45N3O4/c1-5-6-21-41-30-14-9-27(10-15-30)23-31(32(38)22-25(2)3)36-33(39)24-28-17-19-37(20-18-28)34(40)16-11-26-7-12-29(35-4)13-8-26/h7-10,12-15,25,28,31H,5-6,11,16-24H2,1-3H3,(H,36,39)/t31-/m0/s1. The van der Waals surface area contributed by atoms with Crippen molar-refractivity contribution < 1.29 is 19.1 Å². The first-order chi connectivity index (χ1) is 19.8. The zero-order chi connectivity index (χ0) is 29.6. The highest BCUT2D eigenvalue weighted by Gasteiger charge is 2.27. The normalized spacial score (nSPS) is 14.4. The van der Waals surface area contributed by atoms with Gasteiger partial charge in [-0.05, 0) is 61.6 Å². The molecular formula is C34H45N3O4. The molecule has 1 saturated heterocycles. The van der Waals surface area contributed by atoms with Gasteiger partial charge in [-0.1, -0.05) is 69.2 Å². The molecule has 1 aliphatic heterocycles. The molecule has 0 bridgehead atoms. The molecule has 2 amide bonds. The summed E-state index contributed by atoms with van der Waals surface area (Å²) in [5.41, 5.74) is 2.64. The topological polar surface area (TPSA) is 80.1 Å². The van der Waals surface area contributed by atoms with Gasteiger partial charge in [0.2, 0.25) is 11.8 Å². The van der Waals surface area contributed by atoms with Gasteiger partial charge in [0.25, 0.3) is 0 Å². The van der Waals surface area contributed by atoms with Crippen LogP contribution in [0.15, 0.2) is 48.5 Å². The Hall–Kier alpha value is -3.66. The second-order valence-corrected chi connectivity index (χ2v) is 11.5. The smallest absolute Gasteiger partial charge is 0.222 e. The number of hydrogen-bond acceptors (Lipinski definition) is 4. The molecule has 220 valence electrons. The Morgan fingerprint density at radius 1 is 1.02 bits per heavy atom. The summed E-state index contributed by atoms with van der Waals surface area (Å²) in [5, 5.41) is 3.04. The van der Waals surface area contributed by atoms with Crippen LogP contribution < -0.4 is 10.1 Å². The van der Waals surface area contributed by atoms with Crippen LogP contribution in [0.4, 0.5) is 5.69 Å². The summed E-state index contributed by atoms with van der Waals surface area (Å²) in [5.74, 6) is 1.32. The lowest BCUT2D eigenvalue weighted by Gasteiger charge is -2.32. The number of rotatable bonds is 15. The quantitative estimate of drug-likeness (QED) is 0.205. The molecule has 7 heteroatoms. The summed E-state index contributed by atoms with van der Waals surface area (Å²) in [4.78, 5) is 44.1. The first kappa shape index (κ1) is 31.9. The largest absolute Gasteiger partial charge is 0.494 e. The van der Waals surface area contributed by atoms with Crippen LogP contribution in [0.25, 0.3) is 4.85 Å². The van der Waals surface area contributed by atoms with E-state index in [1.54, 1.807) is 12.1 Å². The Morgan fingerprint density at radius 3 is 2.29 bits per heavy atom. The first-order valence-corrected chi connectivity index (χ1v) is 15.0. The fourth-order valence-electron chi connectivity index (χ4n) is 5.13. The molecular weight excluding hydrogens is 514 g/mol. The summed E-state index contributed by atoms with van der Waals surface area (Å²) in [7, 11) is 0. The van der Waals surface area contributed by atoms with Crippen molar-refractivity contribution in [2.24, 2.45) is 11.8 Å². The van der Waals surface area contributed by atoms with Gasteiger partial charge in [0, 0.05) is 32.4 Å². The molecule has 1 aliphatic rings. The zero-order valence-corrected chi connectivity index (χ0v) is 24.9. The number of Topliss-reactive ketones (excluding diaryl/α,β-unsaturated/α-hetero) is 1. The summed E-state index contributed by atoms with van der Waals surface area (Å²) in [6, 6.07) is 14.6. The van der Waals surface area contributed by atoms with Gasteiger partial charge < -0.3 is 15.0 Å². The third-order valence-corrected chi connectivity index (χ3v) is 7.60. The Balaban J connectivity index is 1.47. The van der Waals surface area contributed by atoms with E-state index in [0.717, 1.165) is 42.6 Å². The first-order valence-electron chi connectivity index (χ1n) is 15.0. The predicted molar refractivity (Wildman–Crippen MR) is 162 cm³/mol. The molecule has 0 unspecified atom stereocenters. The molecule has 3 rings (SSSR count). The van der Waals surface area contributed by atoms with Crippen molar-refractivity contribution in [3.63, 3.8) is 0 Å². The summed E-state index contributed by atoms with van der Waals surface area (Å²) in [6.45, 7) is 15.2. The number of piperidine rings is 1. The van der Waals surface area contributed by atoms with E-state index in [0.29, 0.717) is 57.5 Å². The van der Waals surface area contributed by atoms with Gasteiger partial charge >= 0.3 is 0 Å². The van der Waals surface area contributed by atoms with Crippen molar-refractivity contribution in [1.29, 1.82) is 0 Å². The lowest BCUT2D eigenvalue weighted by atomic mass is 9.92. The third kappa shape index (κ3) is 11.0. The van der Waals surface area contributed by atoms with E-state index in [1.165, 1.54) is 0 Å². The van der Waals surface area contributed by atoms with Gasteiger partial charge in [-0.25, -0.2) is 4.85 Å². The maximum Gasteiger partial charge on any atom is 0.222 e. The van der Waals surface area contributed by atoms with Crippen molar-refractivity contribution in [3.05, 3.63) is 71.1 Å². The number of benzene rings is 2. The fraction of sp³-hybridized carbons (Fsp3) is 0.529. The predicted octanol–water partition coefficient (Wildman–Crippen LogP) is 6.32. The number of ether oxygens (including phenoxy) is 1. The van der Waals surface area contributed by atoms with E-state index >= 15 is 0 Å². The van der Waals surface area contributed by atoms with Gasteiger partial charge in [-0.15, -0.1) is 0 Å². The van der Waals surface area contributed by atoms with Crippen molar-refractivity contribution in [3.8, 4) is 5.75 Å². The number of carbonyl (C=O) groups excluding carboxylic acids is 3. The average molecular weight is 560 g/mol. The second-order valence-electron chi connectivity index (χ2n) is 11.5. The van der Waals surface area contributed by atoms with Gasteiger partial charge in [-0.3, -0.25) is 14.4 Å². The molecule has 0 aliphatic carbocycles. The minimum atomic E-state index is -0.553. The minimum Gasteiger partial charge on any atom is -0.494 e. The molecule has 1 heterocycles.